The van der Waals surface area contributed by atoms with Gasteiger partial charge in [-0.1, -0.05) is 34.8 Å². The van der Waals surface area contributed by atoms with E-state index in [0.29, 0.717) is 33.5 Å². The SMILES string of the molecule is CCOc1cc(/C=C(\C#N)c2ccc([N+](=O)[O-])cc2)cc(Cl)c1OCC(=O)Nc1ccc(Cl)c(Cl)c1. The summed E-state index contributed by atoms with van der Waals surface area (Å²) in [6.45, 7) is 1.71. The number of rotatable bonds is 9. The molecule has 0 aliphatic heterocycles. The molecule has 11 heteroatoms. The summed E-state index contributed by atoms with van der Waals surface area (Å²) in [5, 5.41) is 24.0. The number of carbonyl (C=O) groups excluding carboxylic acids is 1. The summed E-state index contributed by atoms with van der Waals surface area (Å²) >= 11 is 18.3. The first-order chi connectivity index (χ1) is 17.2. The second-order valence-electron chi connectivity index (χ2n) is 7.20. The molecule has 0 spiro atoms. The molecule has 0 radical (unpaired) electrons. The fourth-order valence-electron chi connectivity index (χ4n) is 3.09. The van der Waals surface area contributed by atoms with E-state index in [1.165, 1.54) is 30.3 Å². The van der Waals surface area contributed by atoms with Crippen molar-refractivity contribution in [2.24, 2.45) is 0 Å². The van der Waals surface area contributed by atoms with Gasteiger partial charge >= 0.3 is 0 Å². The van der Waals surface area contributed by atoms with Gasteiger partial charge in [0, 0.05) is 17.8 Å². The molecule has 0 aromatic heterocycles. The van der Waals surface area contributed by atoms with E-state index in [0.717, 1.165) is 0 Å². The van der Waals surface area contributed by atoms with Crippen molar-refractivity contribution in [3.63, 3.8) is 0 Å². The summed E-state index contributed by atoms with van der Waals surface area (Å²) in [6.07, 6.45) is 1.57. The fraction of sp³-hybridized carbons (Fsp3) is 0.120. The van der Waals surface area contributed by atoms with E-state index in [9.17, 15) is 20.2 Å². The monoisotopic (exact) mass is 545 g/mol. The summed E-state index contributed by atoms with van der Waals surface area (Å²) in [5.74, 6) is -0.0193. The Labute approximate surface area is 221 Å². The molecule has 0 heterocycles. The molecule has 3 rings (SSSR count). The van der Waals surface area contributed by atoms with Gasteiger partial charge in [-0.3, -0.25) is 14.9 Å². The molecule has 1 amide bonds. The summed E-state index contributed by atoms with van der Waals surface area (Å²) < 4.78 is 11.3. The van der Waals surface area contributed by atoms with E-state index in [1.807, 2.05) is 0 Å². The normalized spacial score (nSPS) is 10.9. The number of non-ortho nitro benzene ring substituents is 1. The summed E-state index contributed by atoms with van der Waals surface area (Å²) in [4.78, 5) is 22.7. The van der Waals surface area contributed by atoms with Crippen LogP contribution in [0, 0.1) is 21.4 Å². The van der Waals surface area contributed by atoms with Crippen molar-refractivity contribution >= 4 is 63.7 Å². The summed E-state index contributed by atoms with van der Waals surface area (Å²) in [7, 11) is 0. The van der Waals surface area contributed by atoms with E-state index >= 15 is 0 Å². The Hall–Kier alpha value is -3.77. The van der Waals surface area contributed by atoms with E-state index in [-0.39, 0.29) is 34.4 Å². The third-order valence-corrected chi connectivity index (χ3v) is 5.72. The molecule has 3 aromatic rings. The number of nitrogens with one attached hydrogen (secondary N) is 1. The number of nitro benzene ring substituents is 1. The molecular formula is C25H18Cl3N3O5. The van der Waals surface area contributed by atoms with E-state index < -0.39 is 10.8 Å². The molecule has 3 aromatic carbocycles. The number of amides is 1. The van der Waals surface area contributed by atoms with E-state index in [1.54, 1.807) is 37.3 Å². The van der Waals surface area contributed by atoms with Crippen molar-refractivity contribution in [1.29, 1.82) is 5.26 Å². The Kier molecular flexibility index (Phi) is 9.14. The van der Waals surface area contributed by atoms with Crippen LogP contribution in [0.25, 0.3) is 11.6 Å². The number of benzene rings is 3. The van der Waals surface area contributed by atoms with Crippen LogP contribution in [-0.2, 0) is 4.79 Å². The number of anilines is 1. The number of allylic oxidation sites excluding steroid dienone is 1. The van der Waals surface area contributed by atoms with Crippen molar-refractivity contribution in [1.82, 2.24) is 0 Å². The number of nitrogens with zero attached hydrogens (tertiary/aromatic N) is 2. The Balaban J connectivity index is 1.81. The Bertz CT molecular complexity index is 1370. The number of hydrogen-bond donors (Lipinski definition) is 1. The Morgan fingerprint density at radius 3 is 2.39 bits per heavy atom. The average Bonchev–Trinajstić information content (AvgIpc) is 2.84. The quantitative estimate of drug-likeness (QED) is 0.133. The predicted octanol–water partition coefficient (Wildman–Crippen LogP) is 7.04. The van der Waals surface area contributed by atoms with Crippen LogP contribution in [0.5, 0.6) is 11.5 Å². The molecule has 8 nitrogen and oxygen atoms in total. The highest BCUT2D eigenvalue weighted by Crippen LogP contribution is 2.38. The van der Waals surface area contributed by atoms with Gasteiger partial charge in [0.25, 0.3) is 11.6 Å². The number of nitro groups is 1. The highest BCUT2D eigenvalue weighted by Gasteiger charge is 2.15. The van der Waals surface area contributed by atoms with Gasteiger partial charge in [-0.05, 0) is 66.6 Å². The molecule has 0 atom stereocenters. The molecule has 184 valence electrons. The highest BCUT2D eigenvalue weighted by atomic mass is 35.5. The largest absolute Gasteiger partial charge is 0.490 e. The maximum Gasteiger partial charge on any atom is 0.269 e. The van der Waals surface area contributed by atoms with Crippen LogP contribution in [0.3, 0.4) is 0 Å². The zero-order valence-corrected chi connectivity index (χ0v) is 21.0. The van der Waals surface area contributed by atoms with Gasteiger partial charge in [0.15, 0.2) is 18.1 Å². The van der Waals surface area contributed by atoms with Gasteiger partial charge in [-0.2, -0.15) is 5.26 Å². The lowest BCUT2D eigenvalue weighted by atomic mass is 10.0. The van der Waals surface area contributed by atoms with Crippen LogP contribution in [0.4, 0.5) is 11.4 Å². The van der Waals surface area contributed by atoms with Crippen molar-refractivity contribution in [2.75, 3.05) is 18.5 Å². The standard InChI is InChI=1S/C25H18Cl3N3O5/c1-2-35-23-11-15(9-17(13-29)16-3-6-19(7-4-16)31(33)34)10-22(28)25(23)36-14-24(32)30-18-5-8-20(26)21(27)12-18/h3-12H,2,14H2,1H3,(H,30,32)/b17-9+. The van der Waals surface area contributed by atoms with Gasteiger partial charge < -0.3 is 14.8 Å². The minimum absolute atomic E-state index is 0.0811. The second kappa shape index (κ2) is 12.3. The topological polar surface area (TPSA) is 114 Å². The first-order valence-corrected chi connectivity index (χ1v) is 11.6. The zero-order valence-electron chi connectivity index (χ0n) is 18.8. The highest BCUT2D eigenvalue weighted by molar-refractivity contribution is 6.42. The van der Waals surface area contributed by atoms with Crippen molar-refractivity contribution < 1.29 is 19.2 Å². The first kappa shape index (κ1) is 26.8. The molecule has 0 bridgehead atoms. The fourth-order valence-corrected chi connectivity index (χ4v) is 3.66. The number of hydrogen-bond acceptors (Lipinski definition) is 6. The van der Waals surface area contributed by atoms with Crippen molar-refractivity contribution in [2.45, 2.75) is 6.92 Å². The van der Waals surface area contributed by atoms with Crippen molar-refractivity contribution in [3.8, 4) is 17.6 Å². The van der Waals surface area contributed by atoms with Crippen LogP contribution >= 0.6 is 34.8 Å². The van der Waals surface area contributed by atoms with Crippen LogP contribution < -0.4 is 14.8 Å². The third kappa shape index (κ3) is 6.89. The lowest BCUT2D eigenvalue weighted by molar-refractivity contribution is -0.384. The molecule has 0 saturated carbocycles. The second-order valence-corrected chi connectivity index (χ2v) is 8.42. The average molecular weight is 547 g/mol. The molecule has 0 aliphatic rings. The lowest BCUT2D eigenvalue weighted by Gasteiger charge is -2.15. The number of ether oxygens (including phenoxy) is 2. The molecule has 0 fully saturated rings. The summed E-state index contributed by atoms with van der Waals surface area (Å²) in [5.41, 5.74) is 1.66. The predicted molar refractivity (Wildman–Crippen MR) is 140 cm³/mol. The maximum atomic E-state index is 12.4. The Morgan fingerprint density at radius 1 is 1.06 bits per heavy atom. The Morgan fingerprint density at radius 2 is 1.78 bits per heavy atom. The molecule has 36 heavy (non-hydrogen) atoms. The van der Waals surface area contributed by atoms with Gasteiger partial charge in [0.2, 0.25) is 0 Å². The third-order valence-electron chi connectivity index (χ3n) is 4.70. The lowest BCUT2D eigenvalue weighted by Crippen LogP contribution is -2.20. The molecule has 0 aliphatic carbocycles. The zero-order chi connectivity index (χ0) is 26.2. The number of halogens is 3. The maximum absolute atomic E-state index is 12.4. The number of carbonyl (C=O) groups is 1. The van der Waals surface area contributed by atoms with E-state index in [2.05, 4.69) is 11.4 Å². The van der Waals surface area contributed by atoms with Gasteiger partial charge in [0.1, 0.15) is 0 Å². The van der Waals surface area contributed by atoms with Gasteiger partial charge in [-0.15, -0.1) is 0 Å². The van der Waals surface area contributed by atoms with Crippen LogP contribution in [0.1, 0.15) is 18.1 Å². The van der Waals surface area contributed by atoms with Crippen molar-refractivity contribution in [3.05, 3.63) is 90.9 Å². The molecule has 1 N–H and O–H groups in total. The van der Waals surface area contributed by atoms with Crippen LogP contribution in [0.15, 0.2) is 54.6 Å². The van der Waals surface area contributed by atoms with E-state index in [4.69, 9.17) is 44.3 Å². The minimum Gasteiger partial charge on any atom is -0.490 e. The van der Waals surface area contributed by atoms with Gasteiger partial charge in [-0.25, -0.2) is 0 Å². The molecule has 0 saturated heterocycles. The van der Waals surface area contributed by atoms with Crippen LogP contribution in [0.2, 0.25) is 15.1 Å². The minimum atomic E-state index is -0.517. The molecule has 0 unspecified atom stereocenters. The smallest absolute Gasteiger partial charge is 0.269 e. The number of nitriles is 1. The first-order valence-electron chi connectivity index (χ1n) is 10.4. The molecular weight excluding hydrogens is 529 g/mol. The summed E-state index contributed by atoms with van der Waals surface area (Å²) in [6, 6.07) is 15.5. The van der Waals surface area contributed by atoms with Gasteiger partial charge in [0.05, 0.1) is 38.2 Å². The van der Waals surface area contributed by atoms with Crippen LogP contribution in [-0.4, -0.2) is 24.0 Å².